The second-order valence-corrected chi connectivity index (χ2v) is 2.27. The summed E-state index contributed by atoms with van der Waals surface area (Å²) in [4.78, 5) is 6.62. The fraction of sp³-hybridized carbons (Fsp3) is 0. The Kier molecular flexibility index (Phi) is 1.09. The molecule has 3 N–H and O–H groups in total. The minimum absolute atomic E-state index is 0.0694. The average Bonchev–Trinajstić information content (AvgIpc) is 2.45. The predicted molar refractivity (Wildman–Crippen MR) is 40.5 cm³/mol. The molecule has 2 rings (SSSR count). The highest BCUT2D eigenvalue weighted by Crippen LogP contribution is 2.17. The normalized spacial score (nSPS) is 10.6. The lowest BCUT2D eigenvalue weighted by Gasteiger charge is -1.95. The van der Waals surface area contributed by atoms with E-state index in [1.54, 1.807) is 12.3 Å². The van der Waals surface area contributed by atoms with Crippen molar-refractivity contribution < 1.29 is 4.39 Å². The summed E-state index contributed by atoms with van der Waals surface area (Å²) in [5, 5.41) is 0. The van der Waals surface area contributed by atoms with E-state index in [0.29, 0.717) is 11.0 Å². The van der Waals surface area contributed by atoms with Gasteiger partial charge in [0.25, 0.3) is 0 Å². The second-order valence-electron chi connectivity index (χ2n) is 2.27. The molecule has 0 amide bonds. The zero-order chi connectivity index (χ0) is 7.84. The molecule has 0 fully saturated rings. The molecule has 2 heterocycles. The maximum Gasteiger partial charge on any atom is 0.173 e. The van der Waals surface area contributed by atoms with Gasteiger partial charge in [-0.25, -0.2) is 4.39 Å². The summed E-state index contributed by atoms with van der Waals surface area (Å²) in [6.45, 7) is 0. The highest BCUT2D eigenvalue weighted by atomic mass is 19.1. The van der Waals surface area contributed by atoms with Gasteiger partial charge in [0.1, 0.15) is 5.52 Å². The number of nitrogens with zero attached hydrogens (tertiary/aromatic N) is 1. The van der Waals surface area contributed by atoms with Crippen molar-refractivity contribution in [3.8, 4) is 0 Å². The summed E-state index contributed by atoms with van der Waals surface area (Å²) >= 11 is 0. The number of aromatic nitrogens is 2. The van der Waals surface area contributed by atoms with Gasteiger partial charge in [0.2, 0.25) is 0 Å². The van der Waals surface area contributed by atoms with Gasteiger partial charge in [-0.2, -0.15) is 0 Å². The van der Waals surface area contributed by atoms with E-state index in [0.717, 1.165) is 0 Å². The Bertz CT molecular complexity index is 393. The molecule has 0 saturated carbocycles. The third kappa shape index (κ3) is 0.756. The zero-order valence-corrected chi connectivity index (χ0v) is 5.63. The van der Waals surface area contributed by atoms with Gasteiger partial charge < -0.3 is 10.7 Å². The van der Waals surface area contributed by atoms with Crippen molar-refractivity contribution in [2.24, 2.45) is 0 Å². The third-order valence-corrected chi connectivity index (χ3v) is 1.54. The van der Waals surface area contributed by atoms with Gasteiger partial charge in [-0.05, 0) is 6.07 Å². The van der Waals surface area contributed by atoms with Crippen LogP contribution < -0.4 is 5.73 Å². The Balaban J connectivity index is 2.93. The topological polar surface area (TPSA) is 54.7 Å². The Labute approximate surface area is 62.0 Å². The Hall–Kier alpha value is -1.58. The maximum absolute atomic E-state index is 13.0. The molecule has 0 aliphatic rings. The fourth-order valence-corrected chi connectivity index (χ4v) is 0.985. The van der Waals surface area contributed by atoms with Crippen LogP contribution in [0.2, 0.25) is 0 Å². The van der Waals surface area contributed by atoms with Crippen molar-refractivity contribution in [3.63, 3.8) is 0 Å². The first kappa shape index (κ1) is 6.15. The van der Waals surface area contributed by atoms with Crippen molar-refractivity contribution in [3.05, 3.63) is 24.3 Å². The fourth-order valence-electron chi connectivity index (χ4n) is 0.985. The van der Waals surface area contributed by atoms with Crippen LogP contribution in [-0.4, -0.2) is 9.97 Å². The average molecular weight is 151 g/mol. The Morgan fingerprint density at radius 3 is 3.18 bits per heavy atom. The lowest BCUT2D eigenvalue weighted by atomic mass is 10.3. The van der Waals surface area contributed by atoms with Gasteiger partial charge in [0, 0.05) is 6.20 Å². The van der Waals surface area contributed by atoms with E-state index in [4.69, 9.17) is 5.73 Å². The minimum Gasteiger partial charge on any atom is -0.395 e. The smallest absolute Gasteiger partial charge is 0.173 e. The molecule has 0 bridgehead atoms. The molecular formula is C7H6FN3. The highest BCUT2D eigenvalue weighted by molar-refractivity contribution is 5.78. The van der Waals surface area contributed by atoms with Gasteiger partial charge in [-0.1, -0.05) is 0 Å². The molecule has 56 valence electrons. The molecule has 2 aromatic heterocycles. The molecule has 0 aliphatic heterocycles. The van der Waals surface area contributed by atoms with Crippen LogP contribution in [0.15, 0.2) is 18.5 Å². The van der Waals surface area contributed by atoms with Crippen LogP contribution >= 0.6 is 0 Å². The maximum atomic E-state index is 13.0. The summed E-state index contributed by atoms with van der Waals surface area (Å²) in [5.41, 5.74) is 6.32. The molecule has 3 nitrogen and oxygen atoms in total. The molecule has 0 aromatic carbocycles. The number of fused-ring (bicyclic) bond motifs is 1. The van der Waals surface area contributed by atoms with Crippen molar-refractivity contribution in [2.75, 3.05) is 5.73 Å². The molecular weight excluding hydrogens is 145 g/mol. The molecule has 4 heteroatoms. The SMILES string of the molecule is Nc1cnc2cc[nH]c2c1F. The highest BCUT2D eigenvalue weighted by Gasteiger charge is 2.05. The largest absolute Gasteiger partial charge is 0.395 e. The summed E-state index contributed by atoms with van der Waals surface area (Å²) in [7, 11) is 0. The number of rotatable bonds is 0. The van der Waals surface area contributed by atoms with Crippen molar-refractivity contribution >= 4 is 16.7 Å². The molecule has 11 heavy (non-hydrogen) atoms. The summed E-state index contributed by atoms with van der Waals surface area (Å²) in [6.07, 6.45) is 2.94. The van der Waals surface area contributed by atoms with E-state index >= 15 is 0 Å². The first-order valence-corrected chi connectivity index (χ1v) is 3.16. The van der Waals surface area contributed by atoms with Gasteiger partial charge in [0.15, 0.2) is 5.82 Å². The third-order valence-electron chi connectivity index (χ3n) is 1.54. The predicted octanol–water partition coefficient (Wildman–Crippen LogP) is 1.28. The first-order chi connectivity index (χ1) is 5.29. The summed E-state index contributed by atoms with van der Waals surface area (Å²) in [5.74, 6) is -0.431. The van der Waals surface area contributed by atoms with Crippen LogP contribution in [0.25, 0.3) is 11.0 Å². The van der Waals surface area contributed by atoms with E-state index in [1.807, 2.05) is 0 Å². The van der Waals surface area contributed by atoms with Gasteiger partial charge >= 0.3 is 0 Å². The zero-order valence-electron chi connectivity index (χ0n) is 5.63. The monoisotopic (exact) mass is 151 g/mol. The molecule has 0 saturated heterocycles. The Morgan fingerprint density at radius 1 is 1.55 bits per heavy atom. The molecule has 0 radical (unpaired) electrons. The number of nitrogens with one attached hydrogen (secondary N) is 1. The van der Waals surface area contributed by atoms with Crippen LogP contribution in [0.5, 0.6) is 0 Å². The summed E-state index contributed by atoms with van der Waals surface area (Å²) in [6, 6.07) is 1.69. The number of H-pyrrole nitrogens is 1. The number of aromatic amines is 1. The van der Waals surface area contributed by atoms with Crippen LogP contribution in [-0.2, 0) is 0 Å². The van der Waals surface area contributed by atoms with Crippen molar-refractivity contribution in [2.45, 2.75) is 0 Å². The van der Waals surface area contributed by atoms with E-state index in [1.165, 1.54) is 6.20 Å². The number of nitrogen functional groups attached to an aromatic ring is 1. The van der Waals surface area contributed by atoms with Crippen molar-refractivity contribution in [1.82, 2.24) is 9.97 Å². The number of anilines is 1. The number of hydrogen-bond donors (Lipinski definition) is 2. The molecule has 2 aromatic rings. The molecule has 0 spiro atoms. The first-order valence-electron chi connectivity index (χ1n) is 3.16. The van der Waals surface area contributed by atoms with Crippen LogP contribution in [0, 0.1) is 5.82 Å². The molecule has 0 unspecified atom stereocenters. The molecule has 0 atom stereocenters. The number of hydrogen-bond acceptors (Lipinski definition) is 2. The Morgan fingerprint density at radius 2 is 2.36 bits per heavy atom. The summed E-state index contributed by atoms with van der Waals surface area (Å²) < 4.78 is 13.0. The lowest BCUT2D eigenvalue weighted by molar-refractivity contribution is 0.640. The van der Waals surface area contributed by atoms with Gasteiger partial charge in [0.05, 0.1) is 17.4 Å². The van der Waals surface area contributed by atoms with Gasteiger partial charge in [-0.3, -0.25) is 4.98 Å². The lowest BCUT2D eigenvalue weighted by Crippen LogP contribution is -1.92. The number of pyridine rings is 1. The van der Waals surface area contributed by atoms with E-state index in [9.17, 15) is 4.39 Å². The quantitative estimate of drug-likeness (QED) is 0.596. The van der Waals surface area contributed by atoms with Crippen molar-refractivity contribution in [1.29, 1.82) is 0 Å². The van der Waals surface area contributed by atoms with Crippen LogP contribution in [0.4, 0.5) is 10.1 Å². The number of nitrogens with two attached hydrogens (primary N) is 1. The van der Waals surface area contributed by atoms with E-state index < -0.39 is 5.82 Å². The minimum atomic E-state index is -0.431. The molecule has 0 aliphatic carbocycles. The van der Waals surface area contributed by atoms with Crippen LogP contribution in [0.1, 0.15) is 0 Å². The van der Waals surface area contributed by atoms with E-state index in [-0.39, 0.29) is 5.69 Å². The van der Waals surface area contributed by atoms with E-state index in [2.05, 4.69) is 9.97 Å². The van der Waals surface area contributed by atoms with Crippen LogP contribution in [0.3, 0.4) is 0 Å². The number of halogens is 1. The second kappa shape index (κ2) is 1.95. The standard InChI is InChI=1S/C7H6FN3/c8-6-4(9)3-11-5-1-2-10-7(5)6/h1-3,10H,9H2. The van der Waals surface area contributed by atoms with Gasteiger partial charge in [-0.15, -0.1) is 0 Å².